The number of hydroxylamine groups is 2. The zero-order valence-corrected chi connectivity index (χ0v) is 16.5. The molecule has 3 saturated carbocycles. The second kappa shape index (κ2) is 6.08. The number of carbonyl (C=O) groups excluding carboxylic acids is 2. The molecule has 3 aliphatic carbocycles. The van der Waals surface area contributed by atoms with Crippen LogP contribution in [0.4, 0.5) is 0 Å². The van der Waals surface area contributed by atoms with Gasteiger partial charge in [0.15, 0.2) is 0 Å². The van der Waals surface area contributed by atoms with Crippen molar-refractivity contribution in [1.82, 2.24) is 10.4 Å². The van der Waals surface area contributed by atoms with E-state index in [-0.39, 0.29) is 34.6 Å². The molecule has 0 spiro atoms. The second-order valence-electron chi connectivity index (χ2n) is 9.41. The Balaban J connectivity index is 1.61. The maximum atomic E-state index is 12.9. The van der Waals surface area contributed by atoms with Crippen LogP contribution >= 0.6 is 0 Å². The molecule has 4 rings (SSSR count). The summed E-state index contributed by atoms with van der Waals surface area (Å²) in [6.45, 7) is 4.68. The summed E-state index contributed by atoms with van der Waals surface area (Å²) < 4.78 is 0. The predicted octanol–water partition coefficient (Wildman–Crippen LogP) is 2.92. The highest BCUT2D eigenvalue weighted by atomic mass is 16.7. The summed E-state index contributed by atoms with van der Waals surface area (Å²) >= 11 is 0. The van der Waals surface area contributed by atoms with Gasteiger partial charge in [-0.2, -0.15) is 0 Å². The van der Waals surface area contributed by atoms with E-state index in [9.17, 15) is 9.59 Å². The van der Waals surface area contributed by atoms with E-state index in [0.717, 1.165) is 32.1 Å². The first-order valence-electron chi connectivity index (χ1n) is 10.1. The molecule has 7 atom stereocenters. The maximum absolute atomic E-state index is 12.9. The van der Waals surface area contributed by atoms with E-state index < -0.39 is 0 Å². The average Bonchev–Trinajstić information content (AvgIpc) is 2.98. The van der Waals surface area contributed by atoms with Crippen molar-refractivity contribution < 1.29 is 14.4 Å². The molecule has 0 aromatic carbocycles. The lowest BCUT2D eigenvalue weighted by Crippen LogP contribution is -2.59. The summed E-state index contributed by atoms with van der Waals surface area (Å²) in [6, 6.07) is 0.268. The fraction of sp³-hybridized carbons (Fsp3) is 0.810. The Hall–Kier alpha value is -1.36. The van der Waals surface area contributed by atoms with Gasteiger partial charge in [-0.3, -0.25) is 14.4 Å². The van der Waals surface area contributed by atoms with Gasteiger partial charge in [0.25, 0.3) is 0 Å². The first-order valence-corrected chi connectivity index (χ1v) is 10.1. The van der Waals surface area contributed by atoms with Crippen LogP contribution in [-0.2, 0) is 14.4 Å². The van der Waals surface area contributed by atoms with E-state index >= 15 is 0 Å². The molecule has 5 nitrogen and oxygen atoms in total. The standard InChI is InChI=1S/C21H32N2O3/c1-20-11-9-15-13(5-8-17-21(15,2)12-10-18(24)22-17)14(20)6-7-16(20)19(25)23(3)26-4/h10,12-17H,5-9,11H2,1-4H3,(H,22,24). The summed E-state index contributed by atoms with van der Waals surface area (Å²) in [5, 5.41) is 4.63. The first-order chi connectivity index (χ1) is 12.3. The molecule has 1 N–H and O–H groups in total. The van der Waals surface area contributed by atoms with Crippen LogP contribution in [0, 0.1) is 34.5 Å². The highest BCUT2D eigenvalue weighted by Crippen LogP contribution is 2.65. The van der Waals surface area contributed by atoms with Crippen molar-refractivity contribution in [2.24, 2.45) is 34.5 Å². The molecule has 5 heteroatoms. The molecule has 2 amide bonds. The number of hydrogen-bond acceptors (Lipinski definition) is 3. The number of fused-ring (bicyclic) bond motifs is 5. The van der Waals surface area contributed by atoms with Crippen LogP contribution in [0.3, 0.4) is 0 Å². The minimum Gasteiger partial charge on any atom is -0.349 e. The maximum Gasteiger partial charge on any atom is 0.249 e. The molecule has 26 heavy (non-hydrogen) atoms. The number of hydrogen-bond donors (Lipinski definition) is 1. The molecular weight excluding hydrogens is 328 g/mol. The predicted molar refractivity (Wildman–Crippen MR) is 98.7 cm³/mol. The molecule has 144 valence electrons. The minimum absolute atomic E-state index is 0.0562. The second-order valence-corrected chi connectivity index (χ2v) is 9.41. The van der Waals surface area contributed by atoms with Gasteiger partial charge in [0.2, 0.25) is 11.8 Å². The van der Waals surface area contributed by atoms with Gasteiger partial charge in [-0.25, -0.2) is 5.06 Å². The fourth-order valence-electron chi connectivity index (χ4n) is 7.05. The molecule has 0 aromatic rings. The number of amides is 2. The van der Waals surface area contributed by atoms with Gasteiger partial charge >= 0.3 is 0 Å². The van der Waals surface area contributed by atoms with E-state index in [1.165, 1.54) is 11.5 Å². The summed E-state index contributed by atoms with van der Waals surface area (Å²) in [5.41, 5.74) is 0.138. The van der Waals surface area contributed by atoms with Crippen LogP contribution in [0.25, 0.3) is 0 Å². The molecule has 0 saturated heterocycles. The number of carbonyl (C=O) groups is 2. The van der Waals surface area contributed by atoms with E-state index in [2.05, 4.69) is 25.2 Å². The zero-order chi connectivity index (χ0) is 18.7. The largest absolute Gasteiger partial charge is 0.349 e. The molecule has 0 radical (unpaired) electrons. The van der Waals surface area contributed by atoms with Crippen LogP contribution in [0.1, 0.15) is 52.4 Å². The molecular formula is C21H32N2O3. The van der Waals surface area contributed by atoms with Crippen molar-refractivity contribution in [2.75, 3.05) is 14.2 Å². The van der Waals surface area contributed by atoms with Crippen LogP contribution in [0.15, 0.2) is 12.2 Å². The van der Waals surface area contributed by atoms with Gasteiger partial charge < -0.3 is 5.32 Å². The van der Waals surface area contributed by atoms with Gasteiger partial charge in [-0.05, 0) is 67.8 Å². The van der Waals surface area contributed by atoms with Crippen molar-refractivity contribution in [3.63, 3.8) is 0 Å². The smallest absolute Gasteiger partial charge is 0.249 e. The molecule has 1 aliphatic heterocycles. The molecule has 3 fully saturated rings. The molecule has 0 bridgehead atoms. The Labute approximate surface area is 156 Å². The van der Waals surface area contributed by atoms with E-state index in [1.807, 2.05) is 0 Å². The summed E-state index contributed by atoms with van der Waals surface area (Å²) in [5.74, 6) is 2.13. The molecule has 1 heterocycles. The van der Waals surface area contributed by atoms with Crippen LogP contribution in [0.5, 0.6) is 0 Å². The number of nitrogens with one attached hydrogen (secondary N) is 1. The lowest BCUT2D eigenvalue weighted by molar-refractivity contribution is -0.179. The Bertz CT molecular complexity index is 647. The zero-order valence-electron chi connectivity index (χ0n) is 16.5. The van der Waals surface area contributed by atoms with Crippen molar-refractivity contribution in [1.29, 1.82) is 0 Å². The Kier molecular flexibility index (Phi) is 4.22. The molecule has 7 unspecified atom stereocenters. The quantitative estimate of drug-likeness (QED) is 0.770. The third-order valence-corrected chi connectivity index (χ3v) is 8.57. The third kappa shape index (κ3) is 2.39. The Morgan fingerprint density at radius 2 is 1.96 bits per heavy atom. The number of rotatable bonds is 2. The molecule has 0 aromatic heterocycles. The topological polar surface area (TPSA) is 58.6 Å². The first kappa shape index (κ1) is 18.0. The third-order valence-electron chi connectivity index (χ3n) is 8.57. The van der Waals surface area contributed by atoms with E-state index in [1.54, 1.807) is 20.2 Å². The Morgan fingerprint density at radius 3 is 2.69 bits per heavy atom. The van der Waals surface area contributed by atoms with E-state index in [4.69, 9.17) is 4.84 Å². The SMILES string of the molecule is CON(C)C(=O)C1CCC2C3CCC4NC(=O)C=CC4(C)C3CCC12C. The summed E-state index contributed by atoms with van der Waals surface area (Å²) in [4.78, 5) is 29.9. The number of nitrogens with zero attached hydrogens (tertiary/aromatic N) is 1. The Morgan fingerprint density at radius 1 is 1.19 bits per heavy atom. The van der Waals surface area contributed by atoms with Crippen molar-refractivity contribution in [2.45, 2.75) is 58.4 Å². The lowest BCUT2D eigenvalue weighted by atomic mass is 9.48. The molecule has 4 aliphatic rings. The summed E-state index contributed by atoms with van der Waals surface area (Å²) in [6.07, 6.45) is 10.5. The highest BCUT2D eigenvalue weighted by molar-refractivity contribution is 5.89. The van der Waals surface area contributed by atoms with Crippen LogP contribution in [-0.4, -0.2) is 37.1 Å². The van der Waals surface area contributed by atoms with Crippen LogP contribution in [0.2, 0.25) is 0 Å². The van der Waals surface area contributed by atoms with Crippen LogP contribution < -0.4 is 5.32 Å². The average molecular weight is 360 g/mol. The normalized spacial score (nSPS) is 46.8. The van der Waals surface area contributed by atoms with Crippen molar-refractivity contribution >= 4 is 11.8 Å². The highest BCUT2D eigenvalue weighted by Gasteiger charge is 2.61. The van der Waals surface area contributed by atoms with Gasteiger partial charge in [-0.15, -0.1) is 0 Å². The fourth-order valence-corrected chi connectivity index (χ4v) is 7.05. The van der Waals surface area contributed by atoms with E-state index in [0.29, 0.717) is 17.8 Å². The summed E-state index contributed by atoms with van der Waals surface area (Å²) in [7, 11) is 3.29. The van der Waals surface area contributed by atoms with Crippen molar-refractivity contribution in [3.8, 4) is 0 Å². The van der Waals surface area contributed by atoms with Gasteiger partial charge in [0.05, 0.1) is 7.11 Å². The van der Waals surface area contributed by atoms with Gasteiger partial charge in [0, 0.05) is 24.4 Å². The monoisotopic (exact) mass is 360 g/mol. The minimum atomic E-state index is 0.0562. The van der Waals surface area contributed by atoms with Crippen molar-refractivity contribution in [3.05, 3.63) is 12.2 Å². The van der Waals surface area contributed by atoms with Gasteiger partial charge in [-0.1, -0.05) is 19.9 Å². The lowest BCUT2D eigenvalue weighted by Gasteiger charge is -2.58. The van der Waals surface area contributed by atoms with Gasteiger partial charge in [0.1, 0.15) is 0 Å².